The molecule has 2 heterocycles. The van der Waals surface area contributed by atoms with E-state index in [1.807, 2.05) is 18.2 Å². The van der Waals surface area contributed by atoms with E-state index in [2.05, 4.69) is 16.0 Å². The monoisotopic (exact) mass is 331 g/mol. The van der Waals surface area contributed by atoms with E-state index in [1.54, 1.807) is 25.4 Å². The smallest absolute Gasteiger partial charge is 0.244 e. The van der Waals surface area contributed by atoms with Gasteiger partial charge in [-0.25, -0.2) is 8.42 Å². The number of anilines is 1. The summed E-state index contributed by atoms with van der Waals surface area (Å²) in [5.41, 5.74) is 2.17. The van der Waals surface area contributed by atoms with Gasteiger partial charge in [-0.2, -0.15) is 4.31 Å². The molecule has 2 aromatic rings. The van der Waals surface area contributed by atoms with Crippen molar-refractivity contribution in [1.82, 2.24) is 9.29 Å². The summed E-state index contributed by atoms with van der Waals surface area (Å²) < 4.78 is 26.7. The fraction of sp³-hybridized carbons (Fsp3) is 0.353. The highest BCUT2D eigenvalue weighted by atomic mass is 32.2. The van der Waals surface area contributed by atoms with E-state index in [1.165, 1.54) is 23.3 Å². The molecule has 6 heteroatoms. The van der Waals surface area contributed by atoms with Crippen LogP contribution in [0.2, 0.25) is 0 Å². The van der Waals surface area contributed by atoms with Gasteiger partial charge < -0.3 is 4.90 Å². The van der Waals surface area contributed by atoms with Crippen LogP contribution in [0.25, 0.3) is 0 Å². The second-order valence-electron chi connectivity index (χ2n) is 5.77. The topological polar surface area (TPSA) is 53.5 Å². The van der Waals surface area contributed by atoms with Crippen LogP contribution < -0.4 is 4.90 Å². The minimum absolute atomic E-state index is 0.223. The highest BCUT2D eigenvalue weighted by Crippen LogP contribution is 2.26. The number of hydrogen-bond acceptors (Lipinski definition) is 4. The third kappa shape index (κ3) is 3.38. The summed E-state index contributed by atoms with van der Waals surface area (Å²) in [6.45, 7) is 2.43. The van der Waals surface area contributed by atoms with Crippen molar-refractivity contribution in [3.05, 3.63) is 54.4 Å². The Labute approximate surface area is 137 Å². The summed E-state index contributed by atoms with van der Waals surface area (Å²) >= 11 is 0. The van der Waals surface area contributed by atoms with Gasteiger partial charge in [0.25, 0.3) is 0 Å². The van der Waals surface area contributed by atoms with Crippen LogP contribution in [0, 0.1) is 0 Å². The maximum Gasteiger partial charge on any atom is 0.244 e. The van der Waals surface area contributed by atoms with Gasteiger partial charge in [0.2, 0.25) is 10.0 Å². The summed E-state index contributed by atoms with van der Waals surface area (Å²) in [5, 5.41) is 0. The van der Waals surface area contributed by atoms with Crippen LogP contribution >= 0.6 is 0 Å². The van der Waals surface area contributed by atoms with Crippen LogP contribution in [0.5, 0.6) is 0 Å². The molecule has 0 N–H and O–H groups in total. The van der Waals surface area contributed by atoms with Gasteiger partial charge in [-0.1, -0.05) is 18.2 Å². The normalized spacial score (nSPS) is 15.3. The molecule has 1 aliphatic rings. The van der Waals surface area contributed by atoms with Gasteiger partial charge in [0.15, 0.2) is 0 Å². The zero-order valence-corrected chi connectivity index (χ0v) is 14.0. The van der Waals surface area contributed by atoms with Crippen molar-refractivity contribution >= 4 is 15.7 Å². The van der Waals surface area contributed by atoms with E-state index in [4.69, 9.17) is 0 Å². The molecule has 0 spiro atoms. The van der Waals surface area contributed by atoms with Crippen LogP contribution in [0.4, 0.5) is 5.69 Å². The van der Waals surface area contributed by atoms with Gasteiger partial charge in [0, 0.05) is 44.8 Å². The fourth-order valence-electron chi connectivity index (χ4n) is 2.92. The van der Waals surface area contributed by atoms with Crippen molar-refractivity contribution < 1.29 is 8.42 Å². The Kier molecular flexibility index (Phi) is 4.63. The Morgan fingerprint density at radius 2 is 1.87 bits per heavy atom. The van der Waals surface area contributed by atoms with E-state index < -0.39 is 10.0 Å². The van der Waals surface area contributed by atoms with Crippen molar-refractivity contribution in [2.45, 2.75) is 24.3 Å². The van der Waals surface area contributed by atoms with Crippen molar-refractivity contribution in [3.63, 3.8) is 0 Å². The van der Waals surface area contributed by atoms with Gasteiger partial charge in [0.1, 0.15) is 4.90 Å². The molecule has 1 aromatic heterocycles. The largest absolute Gasteiger partial charge is 0.371 e. The first kappa shape index (κ1) is 16.0. The van der Waals surface area contributed by atoms with E-state index in [0.29, 0.717) is 6.54 Å². The van der Waals surface area contributed by atoms with Crippen molar-refractivity contribution in [2.24, 2.45) is 0 Å². The SMILES string of the molecule is CN(Cc1ccccc1N1CCCC1)S(=O)(=O)c1cccnc1. The molecule has 1 aliphatic heterocycles. The molecule has 0 bridgehead atoms. The second-order valence-corrected chi connectivity index (χ2v) is 7.82. The van der Waals surface area contributed by atoms with Crippen LogP contribution in [0.3, 0.4) is 0 Å². The predicted molar refractivity (Wildman–Crippen MR) is 90.8 cm³/mol. The van der Waals surface area contributed by atoms with E-state index >= 15 is 0 Å². The first-order valence-electron chi connectivity index (χ1n) is 7.78. The minimum Gasteiger partial charge on any atom is -0.371 e. The lowest BCUT2D eigenvalue weighted by molar-refractivity contribution is 0.466. The molecule has 0 radical (unpaired) electrons. The average Bonchev–Trinajstić information content (AvgIpc) is 3.10. The van der Waals surface area contributed by atoms with Gasteiger partial charge in [-0.05, 0) is 36.6 Å². The number of nitrogens with zero attached hydrogens (tertiary/aromatic N) is 3. The summed E-state index contributed by atoms with van der Waals surface area (Å²) in [6.07, 6.45) is 5.34. The lowest BCUT2D eigenvalue weighted by atomic mass is 10.1. The molecule has 0 aliphatic carbocycles. The van der Waals surface area contributed by atoms with Crippen molar-refractivity contribution in [3.8, 4) is 0 Å². The molecular formula is C17H21N3O2S. The highest BCUT2D eigenvalue weighted by molar-refractivity contribution is 7.89. The lowest BCUT2D eigenvalue weighted by Gasteiger charge is -2.24. The minimum atomic E-state index is -3.53. The molecular weight excluding hydrogens is 310 g/mol. The van der Waals surface area contributed by atoms with Gasteiger partial charge >= 0.3 is 0 Å². The van der Waals surface area contributed by atoms with Crippen LogP contribution in [0.1, 0.15) is 18.4 Å². The van der Waals surface area contributed by atoms with Crippen LogP contribution in [-0.4, -0.2) is 37.8 Å². The lowest BCUT2D eigenvalue weighted by Crippen LogP contribution is -2.28. The van der Waals surface area contributed by atoms with E-state index in [0.717, 1.165) is 24.3 Å². The maximum absolute atomic E-state index is 12.6. The Morgan fingerprint density at radius 3 is 2.57 bits per heavy atom. The Hall–Kier alpha value is -1.92. The Balaban J connectivity index is 1.85. The van der Waals surface area contributed by atoms with Gasteiger partial charge in [-0.15, -0.1) is 0 Å². The number of hydrogen-bond donors (Lipinski definition) is 0. The second kappa shape index (κ2) is 6.68. The summed E-state index contributed by atoms with van der Waals surface area (Å²) in [4.78, 5) is 6.46. The first-order valence-corrected chi connectivity index (χ1v) is 9.22. The molecule has 0 amide bonds. The van der Waals surface area contributed by atoms with Gasteiger partial charge in [-0.3, -0.25) is 4.98 Å². The first-order chi connectivity index (χ1) is 11.1. The Morgan fingerprint density at radius 1 is 1.13 bits per heavy atom. The molecule has 1 aromatic carbocycles. The fourth-order valence-corrected chi connectivity index (χ4v) is 4.03. The molecule has 5 nitrogen and oxygen atoms in total. The molecule has 0 atom stereocenters. The van der Waals surface area contributed by atoms with E-state index in [-0.39, 0.29) is 4.90 Å². The number of pyridine rings is 1. The van der Waals surface area contributed by atoms with Crippen molar-refractivity contribution in [1.29, 1.82) is 0 Å². The third-order valence-corrected chi connectivity index (χ3v) is 5.96. The molecule has 0 saturated carbocycles. The summed E-state index contributed by atoms with van der Waals surface area (Å²) in [6, 6.07) is 11.3. The number of para-hydroxylation sites is 1. The molecule has 1 fully saturated rings. The molecule has 1 saturated heterocycles. The van der Waals surface area contributed by atoms with Crippen molar-refractivity contribution in [2.75, 3.05) is 25.0 Å². The summed E-state index contributed by atoms with van der Waals surface area (Å²) in [5.74, 6) is 0. The molecule has 122 valence electrons. The standard InChI is InChI=1S/C17H21N3O2S/c1-19(23(21,22)16-8-6-10-18-13-16)14-15-7-2-3-9-17(15)20-11-4-5-12-20/h2-3,6-10,13H,4-5,11-12,14H2,1H3. The third-order valence-electron chi connectivity index (χ3n) is 4.17. The predicted octanol–water partition coefficient (Wildman–Crippen LogP) is 2.50. The number of sulfonamides is 1. The van der Waals surface area contributed by atoms with Crippen LogP contribution in [-0.2, 0) is 16.6 Å². The molecule has 23 heavy (non-hydrogen) atoms. The van der Waals surface area contributed by atoms with E-state index in [9.17, 15) is 8.42 Å². The molecule has 0 unspecified atom stereocenters. The highest BCUT2D eigenvalue weighted by Gasteiger charge is 2.23. The maximum atomic E-state index is 12.6. The average molecular weight is 331 g/mol. The quantitative estimate of drug-likeness (QED) is 0.845. The number of aromatic nitrogens is 1. The van der Waals surface area contributed by atoms with Gasteiger partial charge in [0.05, 0.1) is 0 Å². The zero-order chi connectivity index (χ0) is 16.3. The Bertz CT molecular complexity index is 756. The van der Waals surface area contributed by atoms with Crippen LogP contribution in [0.15, 0.2) is 53.7 Å². The summed E-state index contributed by atoms with van der Waals surface area (Å²) in [7, 11) is -1.91. The molecule has 3 rings (SSSR count). The number of benzene rings is 1. The zero-order valence-electron chi connectivity index (χ0n) is 13.2. The number of rotatable bonds is 5.